The normalized spacial score (nSPS) is 21.6. The second kappa shape index (κ2) is 3.28. The van der Waals surface area contributed by atoms with E-state index in [9.17, 15) is 8.78 Å². The average molecular weight is 149 g/mol. The number of rotatable bonds is 4. The van der Waals surface area contributed by atoms with Gasteiger partial charge in [-0.2, -0.15) is 0 Å². The zero-order chi connectivity index (χ0) is 7.56. The van der Waals surface area contributed by atoms with E-state index in [0.717, 1.165) is 12.8 Å². The number of hydrogen-bond donors (Lipinski definition) is 1. The van der Waals surface area contributed by atoms with Crippen molar-refractivity contribution in [2.75, 3.05) is 0 Å². The van der Waals surface area contributed by atoms with Gasteiger partial charge in [0.15, 0.2) is 0 Å². The third kappa shape index (κ3) is 2.60. The lowest BCUT2D eigenvalue weighted by Crippen LogP contribution is -2.22. The highest BCUT2D eigenvalue weighted by molar-refractivity contribution is 4.83. The summed E-state index contributed by atoms with van der Waals surface area (Å²) < 4.78 is 23.2. The zero-order valence-corrected chi connectivity index (χ0v) is 5.89. The van der Waals surface area contributed by atoms with Gasteiger partial charge in [0.1, 0.15) is 0 Å². The monoisotopic (exact) mass is 149 g/mol. The Balaban J connectivity index is 2.00. The Bertz CT molecular complexity index is 102. The summed E-state index contributed by atoms with van der Waals surface area (Å²) in [5, 5.41) is 0. The van der Waals surface area contributed by atoms with Gasteiger partial charge in [-0.15, -0.1) is 0 Å². The molecule has 60 valence electrons. The minimum absolute atomic E-state index is 0.0301. The fourth-order valence-electron chi connectivity index (χ4n) is 1.08. The first-order valence-corrected chi connectivity index (χ1v) is 3.74. The van der Waals surface area contributed by atoms with E-state index in [1.165, 1.54) is 0 Å². The summed E-state index contributed by atoms with van der Waals surface area (Å²) in [5.74, 6) is 0.554. The maximum atomic E-state index is 11.6. The number of alkyl halides is 2. The van der Waals surface area contributed by atoms with Crippen molar-refractivity contribution in [2.24, 2.45) is 11.7 Å². The van der Waals surface area contributed by atoms with Crippen molar-refractivity contribution < 1.29 is 8.78 Å². The summed E-state index contributed by atoms with van der Waals surface area (Å²) in [6.07, 6.45) is 0.569. The van der Waals surface area contributed by atoms with Crippen LogP contribution in [0.1, 0.15) is 25.7 Å². The van der Waals surface area contributed by atoms with E-state index in [4.69, 9.17) is 5.73 Å². The van der Waals surface area contributed by atoms with Crippen molar-refractivity contribution in [2.45, 2.75) is 38.2 Å². The Labute approximate surface area is 59.6 Å². The van der Waals surface area contributed by atoms with Gasteiger partial charge in [0.2, 0.25) is 6.43 Å². The largest absolute Gasteiger partial charge is 0.327 e. The minimum Gasteiger partial charge on any atom is -0.327 e. The molecule has 1 nitrogen and oxygen atoms in total. The molecule has 1 fully saturated rings. The summed E-state index contributed by atoms with van der Waals surface area (Å²) in [4.78, 5) is 0. The summed E-state index contributed by atoms with van der Waals surface area (Å²) in [5.41, 5.74) is 5.59. The Morgan fingerprint density at radius 1 is 1.30 bits per heavy atom. The molecule has 10 heavy (non-hydrogen) atoms. The van der Waals surface area contributed by atoms with Crippen LogP contribution >= 0.6 is 0 Å². The predicted molar refractivity (Wildman–Crippen MR) is 35.9 cm³/mol. The van der Waals surface area contributed by atoms with Gasteiger partial charge < -0.3 is 5.73 Å². The average Bonchev–Trinajstić information content (AvgIpc) is 2.63. The van der Waals surface area contributed by atoms with E-state index in [1.807, 2.05) is 0 Å². The van der Waals surface area contributed by atoms with E-state index in [2.05, 4.69) is 0 Å². The van der Waals surface area contributed by atoms with Crippen LogP contribution in [0.25, 0.3) is 0 Å². The van der Waals surface area contributed by atoms with E-state index in [-0.39, 0.29) is 12.5 Å². The molecule has 0 radical (unpaired) electrons. The maximum Gasteiger partial charge on any atom is 0.238 e. The molecule has 0 aliphatic heterocycles. The minimum atomic E-state index is -2.18. The molecule has 1 atom stereocenters. The van der Waals surface area contributed by atoms with Crippen LogP contribution in [0.5, 0.6) is 0 Å². The molecular weight excluding hydrogens is 136 g/mol. The van der Waals surface area contributed by atoms with Gasteiger partial charge in [-0.25, -0.2) is 8.78 Å². The highest BCUT2D eigenvalue weighted by atomic mass is 19.3. The smallest absolute Gasteiger partial charge is 0.238 e. The molecule has 1 unspecified atom stereocenters. The van der Waals surface area contributed by atoms with Crippen LogP contribution in [-0.2, 0) is 0 Å². The van der Waals surface area contributed by atoms with Gasteiger partial charge in [0.25, 0.3) is 0 Å². The van der Waals surface area contributed by atoms with Crippen molar-refractivity contribution in [1.29, 1.82) is 0 Å². The summed E-state index contributed by atoms with van der Waals surface area (Å²) in [6, 6.07) is 0.0361. The number of halogens is 2. The summed E-state index contributed by atoms with van der Waals surface area (Å²) >= 11 is 0. The lowest BCUT2D eigenvalue weighted by Gasteiger charge is -2.08. The van der Waals surface area contributed by atoms with Crippen LogP contribution in [0, 0.1) is 5.92 Å². The Kier molecular flexibility index (Phi) is 2.60. The van der Waals surface area contributed by atoms with Gasteiger partial charge in [-0.3, -0.25) is 0 Å². The van der Waals surface area contributed by atoms with Crippen molar-refractivity contribution in [1.82, 2.24) is 0 Å². The zero-order valence-electron chi connectivity index (χ0n) is 5.89. The maximum absolute atomic E-state index is 11.6. The molecule has 2 N–H and O–H groups in total. The molecule has 0 heterocycles. The number of hydrogen-bond acceptors (Lipinski definition) is 1. The van der Waals surface area contributed by atoms with Crippen molar-refractivity contribution in [3.05, 3.63) is 0 Å². The standard InChI is InChI=1S/C7H13F2N/c8-7(9)4-3-6(10)5-1-2-5/h5-7H,1-4,10H2. The molecule has 1 aliphatic rings. The van der Waals surface area contributed by atoms with Gasteiger partial charge in [-0.05, 0) is 25.2 Å². The molecule has 1 saturated carbocycles. The first-order valence-electron chi connectivity index (χ1n) is 3.74. The first kappa shape index (κ1) is 7.92. The Morgan fingerprint density at radius 2 is 1.90 bits per heavy atom. The third-order valence-corrected chi connectivity index (χ3v) is 1.95. The van der Waals surface area contributed by atoms with Gasteiger partial charge >= 0.3 is 0 Å². The predicted octanol–water partition coefficient (Wildman–Crippen LogP) is 1.77. The highest BCUT2D eigenvalue weighted by Gasteiger charge is 2.28. The van der Waals surface area contributed by atoms with Crippen molar-refractivity contribution in [3.8, 4) is 0 Å². The lowest BCUT2D eigenvalue weighted by molar-refractivity contribution is 0.131. The SMILES string of the molecule is NC(CCC(F)F)C1CC1. The quantitative estimate of drug-likeness (QED) is 0.647. The second-order valence-corrected chi connectivity index (χ2v) is 2.97. The van der Waals surface area contributed by atoms with E-state index in [1.54, 1.807) is 0 Å². The topological polar surface area (TPSA) is 26.0 Å². The molecule has 3 heteroatoms. The van der Waals surface area contributed by atoms with E-state index >= 15 is 0 Å². The summed E-state index contributed by atoms with van der Waals surface area (Å²) in [6.45, 7) is 0. The van der Waals surface area contributed by atoms with Crippen LogP contribution < -0.4 is 5.73 Å². The fraction of sp³-hybridized carbons (Fsp3) is 1.00. The van der Waals surface area contributed by atoms with E-state index in [0.29, 0.717) is 12.3 Å². The third-order valence-electron chi connectivity index (χ3n) is 1.95. The van der Waals surface area contributed by atoms with Gasteiger partial charge in [0, 0.05) is 12.5 Å². The Morgan fingerprint density at radius 3 is 2.30 bits per heavy atom. The van der Waals surface area contributed by atoms with E-state index < -0.39 is 6.43 Å². The van der Waals surface area contributed by atoms with Crippen LogP contribution in [-0.4, -0.2) is 12.5 Å². The lowest BCUT2D eigenvalue weighted by atomic mass is 10.1. The first-order chi connectivity index (χ1) is 4.70. The van der Waals surface area contributed by atoms with Crippen LogP contribution in [0.3, 0.4) is 0 Å². The molecule has 0 spiro atoms. The Hall–Kier alpha value is -0.180. The van der Waals surface area contributed by atoms with Crippen molar-refractivity contribution in [3.63, 3.8) is 0 Å². The van der Waals surface area contributed by atoms with Crippen LogP contribution in [0.2, 0.25) is 0 Å². The molecule has 0 amide bonds. The van der Waals surface area contributed by atoms with Gasteiger partial charge in [0.05, 0.1) is 0 Å². The molecule has 1 aliphatic carbocycles. The molecule has 0 bridgehead atoms. The van der Waals surface area contributed by atoms with Crippen molar-refractivity contribution >= 4 is 0 Å². The molecule has 0 aromatic rings. The second-order valence-electron chi connectivity index (χ2n) is 2.97. The van der Waals surface area contributed by atoms with Crippen LogP contribution in [0.4, 0.5) is 8.78 Å². The van der Waals surface area contributed by atoms with Gasteiger partial charge in [-0.1, -0.05) is 0 Å². The molecule has 0 aromatic heterocycles. The van der Waals surface area contributed by atoms with Crippen LogP contribution in [0.15, 0.2) is 0 Å². The highest BCUT2D eigenvalue weighted by Crippen LogP contribution is 2.33. The molecule has 0 saturated heterocycles. The molecule has 0 aromatic carbocycles. The summed E-state index contributed by atoms with van der Waals surface area (Å²) in [7, 11) is 0. The molecule has 1 rings (SSSR count). The number of nitrogens with two attached hydrogens (primary N) is 1. The molecular formula is C7H13F2N. The fourth-order valence-corrected chi connectivity index (χ4v) is 1.08.